The van der Waals surface area contributed by atoms with Gasteiger partial charge >= 0.3 is 0 Å². The summed E-state index contributed by atoms with van der Waals surface area (Å²) < 4.78 is 13.0. The third kappa shape index (κ3) is 1.33. The first-order valence-corrected chi connectivity index (χ1v) is 5.03. The average Bonchev–Trinajstić information content (AvgIpc) is 2.58. The molecule has 1 saturated carbocycles. The van der Waals surface area contributed by atoms with Crippen LogP contribution in [0.15, 0.2) is 18.2 Å². The van der Waals surface area contributed by atoms with Gasteiger partial charge in [-0.25, -0.2) is 4.39 Å². The van der Waals surface area contributed by atoms with Crippen molar-refractivity contribution in [1.82, 2.24) is 0 Å². The Morgan fingerprint density at radius 2 is 2.00 bits per heavy atom. The second-order valence-electron chi connectivity index (χ2n) is 4.49. The molecule has 1 aliphatic carbocycles. The van der Waals surface area contributed by atoms with Crippen molar-refractivity contribution in [2.24, 2.45) is 11.1 Å². The van der Waals surface area contributed by atoms with E-state index >= 15 is 0 Å². The van der Waals surface area contributed by atoms with Crippen LogP contribution in [0.1, 0.15) is 25.3 Å². The Hall–Kier alpha value is -0.600. The second-order valence-corrected chi connectivity index (χ2v) is 4.90. The maximum Gasteiger partial charge on any atom is 0.123 e. The van der Waals surface area contributed by atoms with Crippen LogP contribution in [-0.4, -0.2) is 6.04 Å². The first kappa shape index (κ1) is 9.94. The molecule has 0 saturated heterocycles. The monoisotopic (exact) mass is 213 g/mol. The van der Waals surface area contributed by atoms with E-state index in [2.05, 4.69) is 13.8 Å². The Kier molecular flexibility index (Phi) is 2.09. The van der Waals surface area contributed by atoms with Gasteiger partial charge in [0.25, 0.3) is 0 Å². The Labute approximate surface area is 88.1 Å². The van der Waals surface area contributed by atoms with E-state index in [1.54, 1.807) is 6.07 Å². The number of halogens is 2. The van der Waals surface area contributed by atoms with Crippen molar-refractivity contribution in [3.8, 4) is 0 Å². The van der Waals surface area contributed by atoms with Crippen LogP contribution in [0.3, 0.4) is 0 Å². The summed E-state index contributed by atoms with van der Waals surface area (Å²) in [4.78, 5) is 0. The summed E-state index contributed by atoms with van der Waals surface area (Å²) in [5.74, 6) is -0.0648. The maximum atomic E-state index is 13.0. The van der Waals surface area contributed by atoms with Gasteiger partial charge in [-0.1, -0.05) is 25.4 Å². The van der Waals surface area contributed by atoms with Gasteiger partial charge < -0.3 is 5.73 Å². The number of rotatable bonds is 1. The molecule has 0 amide bonds. The lowest BCUT2D eigenvalue weighted by atomic mass is 10.0. The van der Waals surface area contributed by atoms with E-state index < -0.39 is 0 Å². The van der Waals surface area contributed by atoms with Crippen molar-refractivity contribution in [2.75, 3.05) is 0 Å². The topological polar surface area (TPSA) is 26.0 Å². The quantitative estimate of drug-likeness (QED) is 0.763. The number of benzene rings is 1. The molecular formula is C11H13ClFN. The normalized spacial score (nSPS) is 28.9. The van der Waals surface area contributed by atoms with E-state index in [0.29, 0.717) is 5.02 Å². The third-order valence-corrected chi connectivity index (χ3v) is 3.55. The van der Waals surface area contributed by atoms with E-state index in [9.17, 15) is 4.39 Å². The highest BCUT2D eigenvalue weighted by Gasteiger charge is 2.56. The first-order valence-electron chi connectivity index (χ1n) is 4.65. The summed E-state index contributed by atoms with van der Waals surface area (Å²) >= 11 is 6.00. The molecule has 0 bridgehead atoms. The average molecular weight is 214 g/mol. The summed E-state index contributed by atoms with van der Waals surface area (Å²) in [6.45, 7) is 4.15. The molecule has 3 heteroatoms. The van der Waals surface area contributed by atoms with Crippen LogP contribution >= 0.6 is 11.6 Å². The molecule has 1 aromatic rings. The van der Waals surface area contributed by atoms with Crippen LogP contribution in [0.5, 0.6) is 0 Å². The Morgan fingerprint density at radius 3 is 2.50 bits per heavy atom. The van der Waals surface area contributed by atoms with Crippen molar-refractivity contribution in [3.63, 3.8) is 0 Å². The molecule has 0 aliphatic heterocycles. The van der Waals surface area contributed by atoms with Crippen molar-refractivity contribution in [3.05, 3.63) is 34.6 Å². The molecule has 76 valence electrons. The Morgan fingerprint density at radius 1 is 1.43 bits per heavy atom. The third-order valence-electron chi connectivity index (χ3n) is 3.20. The number of hydrogen-bond acceptors (Lipinski definition) is 1. The molecule has 2 rings (SSSR count). The van der Waals surface area contributed by atoms with Crippen LogP contribution in [0.4, 0.5) is 4.39 Å². The number of hydrogen-bond donors (Lipinski definition) is 1. The van der Waals surface area contributed by atoms with E-state index in [0.717, 1.165) is 5.56 Å². The van der Waals surface area contributed by atoms with Gasteiger partial charge in [0.1, 0.15) is 5.82 Å². The minimum atomic E-state index is -0.251. The summed E-state index contributed by atoms with van der Waals surface area (Å²) in [7, 11) is 0. The van der Waals surface area contributed by atoms with E-state index in [1.807, 2.05) is 0 Å². The summed E-state index contributed by atoms with van der Waals surface area (Å²) in [6, 6.07) is 4.53. The maximum absolute atomic E-state index is 13.0. The van der Waals surface area contributed by atoms with Crippen LogP contribution in [-0.2, 0) is 0 Å². The van der Waals surface area contributed by atoms with Gasteiger partial charge in [-0.3, -0.25) is 0 Å². The lowest BCUT2D eigenvalue weighted by molar-refractivity contribution is 0.594. The Balaban J connectivity index is 2.39. The Bertz CT molecular complexity index is 376. The SMILES string of the molecule is CC1(C)[C@H](N)[C@H]1c1cc(F)ccc1Cl. The summed E-state index contributed by atoms with van der Waals surface area (Å²) in [5, 5.41) is 0.609. The molecule has 2 N–H and O–H groups in total. The van der Waals surface area contributed by atoms with Gasteiger partial charge in [-0.05, 0) is 29.2 Å². The smallest absolute Gasteiger partial charge is 0.123 e. The zero-order valence-corrected chi connectivity index (χ0v) is 8.98. The van der Waals surface area contributed by atoms with Gasteiger partial charge in [0.2, 0.25) is 0 Å². The van der Waals surface area contributed by atoms with E-state index in [-0.39, 0.29) is 23.2 Å². The van der Waals surface area contributed by atoms with Crippen LogP contribution < -0.4 is 5.73 Å². The molecule has 0 unspecified atom stereocenters. The van der Waals surface area contributed by atoms with E-state index in [4.69, 9.17) is 17.3 Å². The molecule has 0 heterocycles. The summed E-state index contributed by atoms with van der Waals surface area (Å²) in [6.07, 6.45) is 0. The molecule has 0 radical (unpaired) electrons. The van der Waals surface area contributed by atoms with Crippen molar-refractivity contribution in [1.29, 1.82) is 0 Å². The van der Waals surface area contributed by atoms with Crippen molar-refractivity contribution in [2.45, 2.75) is 25.8 Å². The van der Waals surface area contributed by atoms with Crippen molar-refractivity contribution < 1.29 is 4.39 Å². The molecule has 1 fully saturated rings. The molecule has 1 nitrogen and oxygen atoms in total. The van der Waals surface area contributed by atoms with Crippen LogP contribution in [0.2, 0.25) is 5.02 Å². The standard InChI is InChI=1S/C11H13ClFN/c1-11(2)9(10(11)14)7-5-6(13)3-4-8(7)12/h3-5,9-10H,14H2,1-2H3/t9-,10-/m1/s1. The van der Waals surface area contributed by atoms with Gasteiger partial charge in [0.15, 0.2) is 0 Å². The highest BCUT2D eigenvalue weighted by atomic mass is 35.5. The number of nitrogens with two attached hydrogens (primary N) is 1. The first-order chi connectivity index (χ1) is 6.44. The van der Waals surface area contributed by atoms with Crippen molar-refractivity contribution >= 4 is 11.6 Å². The molecule has 0 spiro atoms. The fourth-order valence-electron chi connectivity index (χ4n) is 2.02. The molecular weight excluding hydrogens is 201 g/mol. The fraction of sp³-hybridized carbons (Fsp3) is 0.455. The molecule has 0 aromatic heterocycles. The zero-order chi connectivity index (χ0) is 10.5. The van der Waals surface area contributed by atoms with E-state index in [1.165, 1.54) is 12.1 Å². The lowest BCUT2D eigenvalue weighted by Crippen LogP contribution is -2.06. The molecule has 1 aromatic carbocycles. The zero-order valence-electron chi connectivity index (χ0n) is 8.22. The van der Waals surface area contributed by atoms with Gasteiger partial charge in [-0.2, -0.15) is 0 Å². The predicted octanol–water partition coefficient (Wildman–Crippen LogP) is 2.93. The minimum Gasteiger partial charge on any atom is -0.327 e. The predicted molar refractivity (Wildman–Crippen MR) is 55.9 cm³/mol. The highest BCUT2D eigenvalue weighted by molar-refractivity contribution is 6.31. The van der Waals surface area contributed by atoms with Gasteiger partial charge in [0.05, 0.1) is 0 Å². The van der Waals surface area contributed by atoms with Crippen LogP contribution in [0.25, 0.3) is 0 Å². The minimum absolute atomic E-state index is 0.0391. The molecule has 1 aliphatic rings. The lowest BCUT2D eigenvalue weighted by Gasteiger charge is -2.05. The second kappa shape index (κ2) is 2.94. The van der Waals surface area contributed by atoms with Gasteiger partial charge in [0, 0.05) is 17.0 Å². The highest BCUT2D eigenvalue weighted by Crippen LogP contribution is 2.58. The molecule has 14 heavy (non-hydrogen) atoms. The fourth-order valence-corrected chi connectivity index (χ4v) is 2.26. The molecule has 2 atom stereocenters. The summed E-state index contributed by atoms with van der Waals surface area (Å²) in [5.41, 5.74) is 6.79. The van der Waals surface area contributed by atoms with Crippen LogP contribution in [0, 0.1) is 11.2 Å². The largest absolute Gasteiger partial charge is 0.327 e. The van der Waals surface area contributed by atoms with Gasteiger partial charge in [-0.15, -0.1) is 0 Å².